The first-order chi connectivity index (χ1) is 8.28. The van der Waals surface area contributed by atoms with Crippen LogP contribution in [-0.4, -0.2) is 35.2 Å². The van der Waals surface area contributed by atoms with E-state index in [9.17, 15) is 0 Å². The Morgan fingerprint density at radius 2 is 2.24 bits per heavy atom. The van der Waals surface area contributed by atoms with Crippen LogP contribution in [0.2, 0.25) is 0 Å². The summed E-state index contributed by atoms with van der Waals surface area (Å²) >= 11 is 0. The topological polar surface area (TPSA) is 31.9 Å². The van der Waals surface area contributed by atoms with Crippen LogP contribution < -0.4 is 0 Å². The van der Waals surface area contributed by atoms with Gasteiger partial charge in [-0.15, -0.1) is 0 Å². The van der Waals surface area contributed by atoms with Crippen LogP contribution in [-0.2, 0) is 19.3 Å². The summed E-state index contributed by atoms with van der Waals surface area (Å²) in [6, 6.07) is 0. The normalized spacial score (nSPS) is 28.8. The summed E-state index contributed by atoms with van der Waals surface area (Å²) in [5.74, 6) is 1.77. The van der Waals surface area contributed by atoms with Gasteiger partial charge in [0.2, 0.25) is 0 Å². The molecule has 1 saturated heterocycles. The first kappa shape index (κ1) is 11.3. The van der Waals surface area contributed by atoms with E-state index in [0.29, 0.717) is 0 Å². The van der Waals surface area contributed by atoms with Crippen LogP contribution in [0.15, 0.2) is 0 Å². The van der Waals surface area contributed by atoms with E-state index >= 15 is 0 Å². The van der Waals surface area contributed by atoms with E-state index in [4.69, 9.17) is 0 Å². The predicted molar refractivity (Wildman–Crippen MR) is 69.1 cm³/mol. The molecule has 1 aromatic rings. The van der Waals surface area contributed by atoms with E-state index in [0.717, 1.165) is 18.3 Å². The molecule has 1 aromatic heterocycles. The third-order valence-electron chi connectivity index (χ3n) is 4.55. The van der Waals surface area contributed by atoms with Gasteiger partial charge in [0.1, 0.15) is 0 Å². The van der Waals surface area contributed by atoms with Gasteiger partial charge in [0.25, 0.3) is 0 Å². The number of hydrogen-bond donors (Lipinski definition) is 1. The van der Waals surface area contributed by atoms with Crippen LogP contribution >= 0.6 is 0 Å². The van der Waals surface area contributed by atoms with Crippen LogP contribution in [0.3, 0.4) is 0 Å². The summed E-state index contributed by atoms with van der Waals surface area (Å²) in [6.45, 7) is 4.79. The van der Waals surface area contributed by atoms with Gasteiger partial charge >= 0.3 is 0 Å². The molecule has 0 amide bonds. The van der Waals surface area contributed by atoms with Gasteiger partial charge in [-0.25, -0.2) is 0 Å². The van der Waals surface area contributed by atoms with Gasteiger partial charge in [-0.3, -0.25) is 5.10 Å². The highest BCUT2D eigenvalue weighted by Crippen LogP contribution is 2.35. The molecule has 0 saturated carbocycles. The van der Waals surface area contributed by atoms with Gasteiger partial charge in [-0.05, 0) is 56.7 Å². The molecule has 3 nitrogen and oxygen atoms in total. The molecular formula is C14H23N3. The van der Waals surface area contributed by atoms with Crippen molar-refractivity contribution >= 4 is 0 Å². The monoisotopic (exact) mass is 233 g/mol. The molecule has 3 rings (SSSR count). The minimum absolute atomic E-state index is 0.870. The van der Waals surface area contributed by atoms with Gasteiger partial charge in [0.05, 0.1) is 5.69 Å². The highest BCUT2D eigenvalue weighted by atomic mass is 15.1. The van der Waals surface area contributed by atoms with Crippen LogP contribution in [0.5, 0.6) is 0 Å². The minimum atomic E-state index is 0.870. The zero-order valence-electron chi connectivity index (χ0n) is 11.0. The van der Waals surface area contributed by atoms with Crippen molar-refractivity contribution in [3.8, 4) is 0 Å². The Balaban J connectivity index is 1.83. The Morgan fingerprint density at radius 3 is 3.06 bits per heavy atom. The maximum atomic E-state index is 4.53. The van der Waals surface area contributed by atoms with Crippen molar-refractivity contribution < 1.29 is 0 Å². The Kier molecular flexibility index (Phi) is 2.95. The number of rotatable bonds is 2. The second kappa shape index (κ2) is 4.45. The number of fused-ring (bicyclic) bond motifs is 2. The fourth-order valence-corrected chi connectivity index (χ4v) is 3.58. The van der Waals surface area contributed by atoms with Crippen molar-refractivity contribution in [2.24, 2.45) is 11.8 Å². The molecule has 1 aliphatic carbocycles. The summed E-state index contributed by atoms with van der Waals surface area (Å²) in [6.07, 6.45) is 6.20. The molecule has 0 aromatic carbocycles. The van der Waals surface area contributed by atoms with Crippen LogP contribution in [0.1, 0.15) is 36.7 Å². The number of aryl methyl sites for hydroxylation is 1. The molecule has 94 valence electrons. The number of H-pyrrole nitrogens is 1. The second-order valence-corrected chi connectivity index (χ2v) is 5.86. The molecule has 1 N–H and O–H groups in total. The van der Waals surface area contributed by atoms with E-state index in [1.54, 1.807) is 5.56 Å². The van der Waals surface area contributed by atoms with E-state index in [1.165, 1.54) is 50.2 Å². The zero-order valence-corrected chi connectivity index (χ0v) is 11.0. The number of aromatic amines is 1. The molecule has 1 fully saturated rings. The first-order valence-electron chi connectivity index (χ1n) is 7.01. The fraction of sp³-hybridized carbons (Fsp3) is 0.786. The maximum absolute atomic E-state index is 4.53. The molecule has 2 aliphatic rings. The van der Waals surface area contributed by atoms with E-state index in [-0.39, 0.29) is 0 Å². The molecular weight excluding hydrogens is 210 g/mol. The molecule has 0 spiro atoms. The van der Waals surface area contributed by atoms with Gasteiger partial charge in [-0.2, -0.15) is 5.10 Å². The summed E-state index contributed by atoms with van der Waals surface area (Å²) in [4.78, 5) is 2.49. The number of likely N-dealkylation sites (tertiary alicyclic amines) is 1. The lowest BCUT2D eigenvalue weighted by atomic mass is 9.74. The van der Waals surface area contributed by atoms with Crippen molar-refractivity contribution in [2.45, 2.75) is 39.0 Å². The average molecular weight is 233 g/mol. The Bertz CT molecular complexity index is 396. The van der Waals surface area contributed by atoms with Gasteiger partial charge in [0, 0.05) is 12.2 Å². The van der Waals surface area contributed by atoms with Gasteiger partial charge in [0.15, 0.2) is 0 Å². The van der Waals surface area contributed by atoms with Gasteiger partial charge < -0.3 is 4.90 Å². The fourth-order valence-electron chi connectivity index (χ4n) is 3.58. The second-order valence-electron chi connectivity index (χ2n) is 5.86. The van der Waals surface area contributed by atoms with Crippen LogP contribution in [0, 0.1) is 11.8 Å². The third-order valence-corrected chi connectivity index (χ3v) is 4.55. The number of hydrogen-bond acceptors (Lipinski definition) is 2. The minimum Gasteiger partial charge on any atom is -0.306 e. The Morgan fingerprint density at radius 1 is 1.35 bits per heavy atom. The molecule has 17 heavy (non-hydrogen) atoms. The van der Waals surface area contributed by atoms with Gasteiger partial charge in [-0.1, -0.05) is 13.3 Å². The summed E-state index contributed by atoms with van der Waals surface area (Å²) in [5, 5.41) is 7.82. The third kappa shape index (κ3) is 2.01. The Labute approximate surface area is 104 Å². The summed E-state index contributed by atoms with van der Waals surface area (Å²) in [5.41, 5.74) is 4.34. The summed E-state index contributed by atoms with van der Waals surface area (Å²) in [7, 11) is 2.26. The number of piperidine rings is 1. The first-order valence-corrected chi connectivity index (χ1v) is 7.01. The smallest absolute Gasteiger partial charge is 0.0656 e. The van der Waals surface area contributed by atoms with Crippen LogP contribution in [0.4, 0.5) is 0 Å². The van der Waals surface area contributed by atoms with Crippen molar-refractivity contribution in [2.75, 3.05) is 20.1 Å². The van der Waals surface area contributed by atoms with Crippen molar-refractivity contribution in [3.63, 3.8) is 0 Å². The molecule has 0 bridgehead atoms. The maximum Gasteiger partial charge on any atom is 0.0656 e. The number of nitrogens with one attached hydrogen (secondary N) is 1. The molecule has 2 heterocycles. The van der Waals surface area contributed by atoms with Crippen molar-refractivity contribution in [3.05, 3.63) is 17.0 Å². The lowest BCUT2D eigenvalue weighted by Gasteiger charge is -2.39. The average Bonchev–Trinajstić information content (AvgIpc) is 2.70. The van der Waals surface area contributed by atoms with E-state index in [1.807, 2.05) is 0 Å². The number of nitrogens with zero attached hydrogens (tertiary/aromatic N) is 2. The van der Waals surface area contributed by atoms with Crippen LogP contribution in [0.25, 0.3) is 0 Å². The lowest BCUT2D eigenvalue weighted by Crippen LogP contribution is -2.41. The molecule has 2 unspecified atom stereocenters. The van der Waals surface area contributed by atoms with E-state index in [2.05, 4.69) is 29.1 Å². The SMILES string of the molecule is CCCc1n[nH]c2c1CC1CN(C)CCC1C2. The highest BCUT2D eigenvalue weighted by molar-refractivity contribution is 5.29. The summed E-state index contributed by atoms with van der Waals surface area (Å²) < 4.78 is 0. The van der Waals surface area contributed by atoms with E-state index < -0.39 is 0 Å². The standard InChI is InChI=1S/C14H23N3/c1-3-4-13-12-7-11-9-17(2)6-5-10(11)8-14(12)16-15-13/h10-11H,3-9H2,1-2H3,(H,15,16). The molecule has 0 radical (unpaired) electrons. The predicted octanol–water partition coefficient (Wildman–Crippen LogP) is 2.03. The Hall–Kier alpha value is -0.830. The molecule has 1 aliphatic heterocycles. The quantitative estimate of drug-likeness (QED) is 0.847. The molecule has 2 atom stereocenters. The lowest BCUT2D eigenvalue weighted by molar-refractivity contribution is 0.133. The number of aromatic nitrogens is 2. The van der Waals surface area contributed by atoms with Crippen molar-refractivity contribution in [1.82, 2.24) is 15.1 Å². The largest absolute Gasteiger partial charge is 0.306 e. The van der Waals surface area contributed by atoms with Crippen molar-refractivity contribution in [1.29, 1.82) is 0 Å². The molecule has 3 heteroatoms. The highest BCUT2D eigenvalue weighted by Gasteiger charge is 2.34. The zero-order chi connectivity index (χ0) is 11.8.